The van der Waals surface area contributed by atoms with E-state index in [2.05, 4.69) is 39.7 Å². The van der Waals surface area contributed by atoms with Crippen LogP contribution in [-0.2, 0) is 13.0 Å². The van der Waals surface area contributed by atoms with Crippen molar-refractivity contribution < 1.29 is 4.79 Å². The van der Waals surface area contributed by atoms with Gasteiger partial charge in [0.05, 0.1) is 5.52 Å². The van der Waals surface area contributed by atoms with Gasteiger partial charge in [0, 0.05) is 18.5 Å². The predicted molar refractivity (Wildman–Crippen MR) is 89.6 cm³/mol. The summed E-state index contributed by atoms with van der Waals surface area (Å²) in [4.78, 5) is 12.3. The summed E-state index contributed by atoms with van der Waals surface area (Å²) in [6, 6.07) is 5.36. The molecule has 2 aromatic heterocycles. The fourth-order valence-electron chi connectivity index (χ4n) is 2.25. The molecule has 2 heterocycles. The van der Waals surface area contributed by atoms with Crippen LogP contribution in [-0.4, -0.2) is 31.1 Å². The van der Waals surface area contributed by atoms with E-state index in [0.717, 1.165) is 23.5 Å². The van der Waals surface area contributed by atoms with Crippen LogP contribution < -0.4 is 5.32 Å². The topological polar surface area (TPSA) is 85.6 Å². The highest BCUT2D eigenvalue weighted by Gasteiger charge is 2.13. The van der Waals surface area contributed by atoms with Crippen molar-refractivity contribution in [3.05, 3.63) is 28.8 Å². The molecular formula is C15H18N6OS. The average molecular weight is 330 g/mol. The number of rotatable bonds is 5. The normalized spacial score (nSPS) is 11.3. The Morgan fingerprint density at radius 2 is 2.13 bits per heavy atom. The van der Waals surface area contributed by atoms with Crippen molar-refractivity contribution in [2.75, 3.05) is 5.32 Å². The fraction of sp³-hybridized carbons (Fsp3) is 0.400. The zero-order valence-electron chi connectivity index (χ0n) is 13.3. The van der Waals surface area contributed by atoms with Gasteiger partial charge in [0.2, 0.25) is 5.13 Å². The summed E-state index contributed by atoms with van der Waals surface area (Å²) in [5.41, 5.74) is 2.15. The Hall–Kier alpha value is -2.35. The molecule has 23 heavy (non-hydrogen) atoms. The number of anilines is 1. The zero-order valence-corrected chi connectivity index (χ0v) is 14.1. The number of nitrogens with zero attached hydrogens (tertiary/aromatic N) is 5. The van der Waals surface area contributed by atoms with E-state index in [9.17, 15) is 4.79 Å². The number of carbonyl (C=O) groups excluding carboxylic acids is 1. The van der Waals surface area contributed by atoms with Crippen molar-refractivity contribution in [2.45, 2.75) is 33.7 Å². The van der Waals surface area contributed by atoms with Gasteiger partial charge in [-0.15, -0.1) is 15.3 Å². The summed E-state index contributed by atoms with van der Waals surface area (Å²) in [6.07, 6.45) is 0.861. The van der Waals surface area contributed by atoms with Gasteiger partial charge in [0.1, 0.15) is 10.5 Å². The molecule has 0 unspecified atom stereocenters. The molecule has 1 N–H and O–H groups in total. The van der Waals surface area contributed by atoms with Gasteiger partial charge in [-0.1, -0.05) is 30.4 Å². The van der Waals surface area contributed by atoms with Gasteiger partial charge >= 0.3 is 0 Å². The third kappa shape index (κ3) is 3.37. The first-order chi connectivity index (χ1) is 11.1. The lowest BCUT2D eigenvalue weighted by Crippen LogP contribution is -2.11. The first kappa shape index (κ1) is 15.5. The maximum atomic E-state index is 12.3. The Morgan fingerprint density at radius 1 is 1.30 bits per heavy atom. The highest BCUT2D eigenvalue weighted by atomic mass is 32.1. The van der Waals surface area contributed by atoms with Crippen LogP contribution in [0, 0.1) is 5.92 Å². The number of aromatic nitrogens is 5. The number of nitrogens with one attached hydrogen (secondary N) is 1. The number of aryl methyl sites for hydroxylation is 1. The number of hydrogen-bond donors (Lipinski definition) is 1. The van der Waals surface area contributed by atoms with E-state index >= 15 is 0 Å². The Labute approximate surface area is 137 Å². The van der Waals surface area contributed by atoms with Crippen molar-refractivity contribution >= 4 is 33.4 Å². The van der Waals surface area contributed by atoms with Gasteiger partial charge < -0.3 is 0 Å². The Morgan fingerprint density at radius 3 is 2.87 bits per heavy atom. The fourth-order valence-corrected chi connectivity index (χ4v) is 3.20. The third-order valence-electron chi connectivity index (χ3n) is 3.35. The van der Waals surface area contributed by atoms with Crippen LogP contribution in [0.4, 0.5) is 5.13 Å². The van der Waals surface area contributed by atoms with Crippen LogP contribution in [0.5, 0.6) is 0 Å². The minimum atomic E-state index is -0.217. The summed E-state index contributed by atoms with van der Waals surface area (Å²) in [5.74, 6) is 0.292. The molecule has 0 radical (unpaired) electrons. The van der Waals surface area contributed by atoms with Gasteiger partial charge in [-0.3, -0.25) is 10.1 Å². The largest absolute Gasteiger partial charge is 0.296 e. The van der Waals surface area contributed by atoms with Crippen LogP contribution in [0.15, 0.2) is 18.2 Å². The van der Waals surface area contributed by atoms with E-state index < -0.39 is 0 Å². The lowest BCUT2D eigenvalue weighted by molar-refractivity contribution is 0.102. The average Bonchev–Trinajstić information content (AvgIpc) is 3.12. The molecule has 3 aromatic rings. The Kier molecular flexibility index (Phi) is 4.33. The first-order valence-corrected chi connectivity index (χ1v) is 8.35. The van der Waals surface area contributed by atoms with E-state index in [-0.39, 0.29) is 5.91 Å². The highest BCUT2D eigenvalue weighted by molar-refractivity contribution is 7.15. The van der Waals surface area contributed by atoms with Crippen LogP contribution in [0.1, 0.15) is 36.1 Å². The standard InChI is InChI=1S/C15H18N6OS/c1-4-21-12-6-5-10(8-11(12)17-20-21)14(22)16-15-19-18-13(23-15)7-9(2)3/h5-6,8-9H,4,7H2,1-3H3,(H,16,19,22). The molecule has 3 rings (SSSR count). The summed E-state index contributed by atoms with van der Waals surface area (Å²) >= 11 is 1.41. The monoisotopic (exact) mass is 330 g/mol. The lowest BCUT2D eigenvalue weighted by Gasteiger charge is -2.02. The molecule has 0 aliphatic heterocycles. The number of carbonyl (C=O) groups is 1. The second-order valence-corrected chi connectivity index (χ2v) is 6.72. The lowest BCUT2D eigenvalue weighted by atomic mass is 10.1. The molecule has 0 bridgehead atoms. The molecule has 0 atom stereocenters. The predicted octanol–water partition coefficient (Wildman–Crippen LogP) is 2.75. The minimum absolute atomic E-state index is 0.217. The van der Waals surface area contributed by atoms with Crippen LogP contribution in [0.2, 0.25) is 0 Å². The van der Waals surface area contributed by atoms with E-state index in [1.54, 1.807) is 16.8 Å². The third-order valence-corrected chi connectivity index (χ3v) is 4.21. The van der Waals surface area contributed by atoms with Crippen LogP contribution in [0.3, 0.4) is 0 Å². The van der Waals surface area contributed by atoms with Crippen molar-refractivity contribution in [3.8, 4) is 0 Å². The molecule has 1 amide bonds. The zero-order chi connectivity index (χ0) is 16.4. The van der Waals surface area contributed by atoms with Crippen molar-refractivity contribution in [3.63, 3.8) is 0 Å². The summed E-state index contributed by atoms with van der Waals surface area (Å²) in [5, 5.41) is 20.5. The van der Waals surface area contributed by atoms with E-state index in [1.165, 1.54) is 11.3 Å². The maximum absolute atomic E-state index is 12.3. The maximum Gasteiger partial charge on any atom is 0.257 e. The quantitative estimate of drug-likeness (QED) is 0.777. The molecular weight excluding hydrogens is 312 g/mol. The molecule has 0 spiro atoms. The van der Waals surface area contributed by atoms with Gasteiger partial charge in [0.25, 0.3) is 5.91 Å². The van der Waals surface area contributed by atoms with Gasteiger partial charge in [0.15, 0.2) is 0 Å². The van der Waals surface area contributed by atoms with E-state index in [4.69, 9.17) is 0 Å². The van der Waals surface area contributed by atoms with Crippen molar-refractivity contribution in [2.24, 2.45) is 5.92 Å². The van der Waals surface area contributed by atoms with Crippen LogP contribution >= 0.6 is 11.3 Å². The molecule has 0 saturated carbocycles. The highest BCUT2D eigenvalue weighted by Crippen LogP contribution is 2.20. The first-order valence-electron chi connectivity index (χ1n) is 7.53. The number of amides is 1. The summed E-state index contributed by atoms with van der Waals surface area (Å²) < 4.78 is 1.79. The smallest absolute Gasteiger partial charge is 0.257 e. The summed E-state index contributed by atoms with van der Waals surface area (Å²) in [6.45, 7) is 6.99. The second kappa shape index (κ2) is 6.41. The van der Waals surface area contributed by atoms with Gasteiger partial charge in [-0.2, -0.15) is 0 Å². The van der Waals surface area contributed by atoms with Crippen molar-refractivity contribution in [1.29, 1.82) is 0 Å². The molecule has 1 aromatic carbocycles. The van der Waals surface area contributed by atoms with Gasteiger partial charge in [-0.05, 0) is 31.0 Å². The second-order valence-electron chi connectivity index (χ2n) is 5.66. The molecule has 0 aliphatic rings. The summed E-state index contributed by atoms with van der Waals surface area (Å²) in [7, 11) is 0. The number of hydrogen-bond acceptors (Lipinski definition) is 6. The van der Waals surface area contributed by atoms with Crippen LogP contribution in [0.25, 0.3) is 11.0 Å². The molecule has 0 aliphatic carbocycles. The molecule has 8 heteroatoms. The Bertz CT molecular complexity index is 837. The number of fused-ring (bicyclic) bond motifs is 1. The number of benzene rings is 1. The van der Waals surface area contributed by atoms with Gasteiger partial charge in [-0.25, -0.2) is 4.68 Å². The molecule has 120 valence electrons. The Balaban J connectivity index is 1.76. The van der Waals surface area contributed by atoms with E-state index in [0.29, 0.717) is 22.1 Å². The van der Waals surface area contributed by atoms with E-state index in [1.807, 2.05) is 13.0 Å². The SMILES string of the molecule is CCn1nnc2cc(C(=O)Nc3nnc(CC(C)C)s3)ccc21. The minimum Gasteiger partial charge on any atom is -0.296 e. The van der Waals surface area contributed by atoms with Crippen molar-refractivity contribution in [1.82, 2.24) is 25.2 Å². The molecule has 0 fully saturated rings. The molecule has 0 saturated heterocycles. The molecule has 7 nitrogen and oxygen atoms in total.